The molecule has 7 heteroatoms. The lowest BCUT2D eigenvalue weighted by Gasteiger charge is -2.15. The maximum absolute atomic E-state index is 12.3. The first-order valence-corrected chi connectivity index (χ1v) is 7.86. The van der Waals surface area contributed by atoms with E-state index in [1.165, 1.54) is 7.11 Å². The number of nitrogens with one attached hydrogen (secondary N) is 2. The Labute approximate surface area is 146 Å². The predicted molar refractivity (Wildman–Crippen MR) is 93.3 cm³/mol. The molecule has 132 valence electrons. The van der Waals surface area contributed by atoms with E-state index >= 15 is 0 Å². The van der Waals surface area contributed by atoms with Gasteiger partial charge in [-0.1, -0.05) is 12.1 Å². The summed E-state index contributed by atoms with van der Waals surface area (Å²) in [5, 5.41) is 14.8. The highest BCUT2D eigenvalue weighted by molar-refractivity contribution is 5.96. The Kier molecular flexibility index (Phi) is 6.91. The van der Waals surface area contributed by atoms with Gasteiger partial charge in [0.15, 0.2) is 0 Å². The molecule has 2 rings (SSSR count). The number of methoxy groups -OCH3 is 1. The molecule has 0 aliphatic heterocycles. The molecule has 7 nitrogen and oxygen atoms in total. The number of hydrogen-bond acceptors (Lipinski definition) is 5. The monoisotopic (exact) mass is 343 g/mol. The molecule has 1 aromatic heterocycles. The van der Waals surface area contributed by atoms with Crippen molar-refractivity contribution in [1.82, 2.24) is 10.3 Å². The number of nitrogens with zero attached hydrogens (tertiary/aromatic N) is 1. The number of anilines is 1. The van der Waals surface area contributed by atoms with Gasteiger partial charge in [0.1, 0.15) is 0 Å². The second-order valence-corrected chi connectivity index (χ2v) is 5.48. The molecule has 2 amide bonds. The summed E-state index contributed by atoms with van der Waals surface area (Å²) in [6, 6.07) is 12.1. The number of carbonyl (C=O) groups excluding carboxylic acids is 2. The number of aromatic nitrogens is 1. The summed E-state index contributed by atoms with van der Waals surface area (Å²) in [6.45, 7) is 0.265. The predicted octanol–water partition coefficient (Wildman–Crippen LogP) is 1.84. The van der Waals surface area contributed by atoms with Crippen LogP contribution >= 0.6 is 0 Å². The standard InChI is InChI=1S/C18H21N3O4/c1-25-18(24)21-16-7-4-5-14(10-16)17(23)20-11-13(12-22)9-15-6-2-3-8-19-15/h2-8,10,13,22H,9,11-12H2,1H3,(H,20,23)(H,21,24). The van der Waals surface area contributed by atoms with Gasteiger partial charge in [-0.15, -0.1) is 0 Å². The third-order valence-electron chi connectivity index (χ3n) is 3.59. The zero-order chi connectivity index (χ0) is 18.1. The molecule has 0 radical (unpaired) electrons. The molecule has 3 N–H and O–H groups in total. The third kappa shape index (κ3) is 5.89. The second-order valence-electron chi connectivity index (χ2n) is 5.48. The van der Waals surface area contributed by atoms with Crippen molar-refractivity contribution in [2.24, 2.45) is 5.92 Å². The Hall–Kier alpha value is -2.93. The minimum atomic E-state index is -0.603. The molecular formula is C18H21N3O4. The fourth-order valence-electron chi connectivity index (χ4n) is 2.26. The van der Waals surface area contributed by atoms with Gasteiger partial charge in [0, 0.05) is 42.2 Å². The van der Waals surface area contributed by atoms with Gasteiger partial charge in [-0.3, -0.25) is 15.1 Å². The minimum absolute atomic E-state index is 0.0548. The number of rotatable bonds is 7. The Morgan fingerprint density at radius 1 is 1.24 bits per heavy atom. The number of amides is 2. The molecule has 1 heterocycles. The molecule has 1 unspecified atom stereocenters. The molecule has 25 heavy (non-hydrogen) atoms. The molecule has 0 aliphatic rings. The smallest absolute Gasteiger partial charge is 0.411 e. The average molecular weight is 343 g/mol. The van der Waals surface area contributed by atoms with Gasteiger partial charge in [0.05, 0.1) is 7.11 Å². The largest absolute Gasteiger partial charge is 0.453 e. The summed E-state index contributed by atoms with van der Waals surface area (Å²) in [6.07, 6.45) is 1.66. The van der Waals surface area contributed by atoms with E-state index in [4.69, 9.17) is 0 Å². The molecule has 0 aliphatic carbocycles. The van der Waals surface area contributed by atoms with Gasteiger partial charge in [-0.05, 0) is 36.8 Å². The lowest BCUT2D eigenvalue weighted by Crippen LogP contribution is -2.32. The number of hydrogen-bond donors (Lipinski definition) is 3. The Bertz CT molecular complexity index is 706. The Balaban J connectivity index is 1.92. The maximum Gasteiger partial charge on any atom is 0.411 e. The van der Waals surface area contributed by atoms with Crippen LogP contribution in [0.1, 0.15) is 16.1 Å². The Morgan fingerprint density at radius 2 is 2.08 bits per heavy atom. The Morgan fingerprint density at radius 3 is 2.76 bits per heavy atom. The lowest BCUT2D eigenvalue weighted by molar-refractivity contribution is 0.0939. The van der Waals surface area contributed by atoms with Crippen molar-refractivity contribution in [1.29, 1.82) is 0 Å². The fourth-order valence-corrected chi connectivity index (χ4v) is 2.26. The summed E-state index contributed by atoms with van der Waals surface area (Å²) in [5.74, 6) is -0.414. The van der Waals surface area contributed by atoms with Crippen LogP contribution in [-0.4, -0.2) is 42.4 Å². The van der Waals surface area contributed by atoms with Crippen LogP contribution in [0.15, 0.2) is 48.7 Å². The highest BCUT2D eigenvalue weighted by atomic mass is 16.5. The molecule has 0 spiro atoms. The summed E-state index contributed by atoms with van der Waals surface area (Å²) in [5.41, 5.74) is 1.73. The van der Waals surface area contributed by atoms with Gasteiger partial charge in [0.25, 0.3) is 5.91 Å². The number of benzene rings is 1. The van der Waals surface area contributed by atoms with E-state index in [1.54, 1.807) is 30.5 Å². The van der Waals surface area contributed by atoms with Crippen molar-refractivity contribution in [3.8, 4) is 0 Å². The van der Waals surface area contributed by atoms with Crippen LogP contribution < -0.4 is 10.6 Å². The van der Waals surface area contributed by atoms with Crippen LogP contribution in [0.5, 0.6) is 0 Å². The number of aliphatic hydroxyl groups excluding tert-OH is 1. The topological polar surface area (TPSA) is 101 Å². The number of aliphatic hydroxyl groups is 1. The molecule has 0 bridgehead atoms. The van der Waals surface area contributed by atoms with E-state index in [0.717, 1.165) is 5.69 Å². The first-order chi connectivity index (χ1) is 12.1. The average Bonchev–Trinajstić information content (AvgIpc) is 2.65. The molecule has 0 saturated carbocycles. The summed E-state index contributed by atoms with van der Waals surface area (Å²) < 4.78 is 4.52. The van der Waals surface area contributed by atoms with E-state index in [-0.39, 0.29) is 18.4 Å². The van der Waals surface area contributed by atoms with Crippen molar-refractivity contribution >= 4 is 17.7 Å². The van der Waals surface area contributed by atoms with E-state index in [1.807, 2.05) is 18.2 Å². The van der Waals surface area contributed by atoms with Gasteiger partial charge >= 0.3 is 6.09 Å². The quantitative estimate of drug-likeness (QED) is 0.712. The number of ether oxygens (including phenoxy) is 1. The van der Waals surface area contributed by atoms with Crippen molar-refractivity contribution in [3.05, 3.63) is 59.9 Å². The summed E-state index contributed by atoms with van der Waals surface area (Å²) in [7, 11) is 1.27. The fraction of sp³-hybridized carbons (Fsp3) is 0.278. The van der Waals surface area contributed by atoms with E-state index < -0.39 is 6.09 Å². The molecule has 1 aromatic carbocycles. The second kappa shape index (κ2) is 9.39. The SMILES string of the molecule is COC(=O)Nc1cccc(C(=O)NCC(CO)Cc2ccccn2)c1. The first-order valence-electron chi connectivity index (χ1n) is 7.86. The molecule has 1 atom stereocenters. The summed E-state index contributed by atoms with van der Waals surface area (Å²) >= 11 is 0. The van der Waals surface area contributed by atoms with E-state index in [0.29, 0.717) is 24.2 Å². The molecular weight excluding hydrogens is 322 g/mol. The van der Waals surface area contributed by atoms with Crippen molar-refractivity contribution in [2.75, 3.05) is 25.6 Å². The number of carbonyl (C=O) groups is 2. The van der Waals surface area contributed by atoms with Gasteiger partial charge in [0.2, 0.25) is 0 Å². The first kappa shape index (κ1) is 18.4. The van der Waals surface area contributed by atoms with Gasteiger partial charge in [-0.25, -0.2) is 4.79 Å². The van der Waals surface area contributed by atoms with Gasteiger partial charge in [-0.2, -0.15) is 0 Å². The molecule has 0 fully saturated rings. The van der Waals surface area contributed by atoms with E-state index in [2.05, 4.69) is 20.4 Å². The van der Waals surface area contributed by atoms with Crippen LogP contribution in [0.3, 0.4) is 0 Å². The van der Waals surface area contributed by atoms with Crippen LogP contribution in [0.2, 0.25) is 0 Å². The normalized spacial score (nSPS) is 11.4. The zero-order valence-electron chi connectivity index (χ0n) is 13.9. The molecule has 0 saturated heterocycles. The highest BCUT2D eigenvalue weighted by Gasteiger charge is 2.13. The molecule has 2 aromatic rings. The van der Waals surface area contributed by atoms with E-state index in [9.17, 15) is 14.7 Å². The summed E-state index contributed by atoms with van der Waals surface area (Å²) in [4.78, 5) is 27.7. The third-order valence-corrected chi connectivity index (χ3v) is 3.59. The van der Waals surface area contributed by atoms with Crippen molar-refractivity contribution in [3.63, 3.8) is 0 Å². The van der Waals surface area contributed by atoms with Crippen LogP contribution in [0.4, 0.5) is 10.5 Å². The van der Waals surface area contributed by atoms with Crippen LogP contribution in [-0.2, 0) is 11.2 Å². The highest BCUT2D eigenvalue weighted by Crippen LogP contribution is 2.11. The van der Waals surface area contributed by atoms with Crippen molar-refractivity contribution in [2.45, 2.75) is 6.42 Å². The minimum Gasteiger partial charge on any atom is -0.453 e. The van der Waals surface area contributed by atoms with Gasteiger partial charge < -0.3 is 15.2 Å². The lowest BCUT2D eigenvalue weighted by atomic mass is 10.0. The van der Waals surface area contributed by atoms with Crippen LogP contribution in [0.25, 0.3) is 0 Å². The number of pyridine rings is 1. The van der Waals surface area contributed by atoms with Crippen LogP contribution in [0, 0.1) is 5.92 Å². The zero-order valence-corrected chi connectivity index (χ0v) is 13.9. The maximum atomic E-state index is 12.3. The van der Waals surface area contributed by atoms with Crippen molar-refractivity contribution < 1.29 is 19.4 Å².